The second-order valence-corrected chi connectivity index (χ2v) is 5.43. The van der Waals surface area contributed by atoms with E-state index in [9.17, 15) is 0 Å². The number of hydrogen-bond donors (Lipinski definition) is 1. The van der Waals surface area contributed by atoms with Crippen molar-refractivity contribution >= 4 is 23.4 Å². The summed E-state index contributed by atoms with van der Waals surface area (Å²) in [6.45, 7) is 0.956. The molecule has 1 aliphatic heterocycles. The van der Waals surface area contributed by atoms with E-state index >= 15 is 0 Å². The average Bonchev–Trinajstić information content (AvgIpc) is 2.90. The fourth-order valence-corrected chi connectivity index (χ4v) is 2.88. The summed E-state index contributed by atoms with van der Waals surface area (Å²) in [6, 6.07) is 3.65. The molecule has 1 N–H and O–H groups in total. The van der Waals surface area contributed by atoms with Gasteiger partial charge in [0.05, 0.1) is 11.1 Å². The summed E-state index contributed by atoms with van der Waals surface area (Å²) in [5.74, 6) is 3.09. The Hall–Kier alpha value is -1.11. The van der Waals surface area contributed by atoms with Crippen molar-refractivity contribution in [1.82, 2.24) is 20.4 Å². The molecule has 2 aromatic rings. The lowest BCUT2D eigenvalue weighted by atomic mass is 10.3. The Morgan fingerprint density at radius 2 is 2.44 bits per heavy atom. The minimum absolute atomic E-state index is 0.118. The summed E-state index contributed by atoms with van der Waals surface area (Å²) in [4.78, 5) is 8.53. The smallest absolute Gasteiger partial charge is 0.245 e. The molecule has 1 unspecified atom stereocenters. The molecule has 5 nitrogen and oxygen atoms in total. The predicted octanol–water partition coefficient (Wildman–Crippen LogP) is 2.16. The van der Waals surface area contributed by atoms with Crippen LogP contribution in [0, 0.1) is 0 Å². The molecule has 94 valence electrons. The molecule has 0 aromatic carbocycles. The average molecular weight is 283 g/mol. The zero-order chi connectivity index (χ0) is 12.4. The summed E-state index contributed by atoms with van der Waals surface area (Å²) in [5.41, 5.74) is 0.553. The maximum Gasteiger partial charge on any atom is 0.245 e. The van der Waals surface area contributed by atoms with E-state index in [1.807, 2.05) is 11.8 Å². The van der Waals surface area contributed by atoms with Crippen LogP contribution in [0.1, 0.15) is 11.9 Å². The maximum absolute atomic E-state index is 6.05. The Labute approximate surface area is 113 Å². The van der Waals surface area contributed by atoms with E-state index in [4.69, 9.17) is 16.1 Å². The van der Waals surface area contributed by atoms with Crippen molar-refractivity contribution in [1.29, 1.82) is 0 Å². The van der Waals surface area contributed by atoms with Crippen molar-refractivity contribution in [3.63, 3.8) is 0 Å². The lowest BCUT2D eigenvalue weighted by Crippen LogP contribution is -2.30. The molecule has 3 heterocycles. The van der Waals surface area contributed by atoms with Gasteiger partial charge in [-0.25, -0.2) is 0 Å². The minimum Gasteiger partial charge on any atom is -0.337 e. The SMILES string of the molecule is Clc1cccnc1-c1noc(C2CSCCN2)n1. The van der Waals surface area contributed by atoms with Gasteiger partial charge >= 0.3 is 0 Å². The largest absolute Gasteiger partial charge is 0.337 e. The molecule has 0 saturated carbocycles. The highest BCUT2D eigenvalue weighted by molar-refractivity contribution is 7.99. The fraction of sp³-hybridized carbons (Fsp3) is 0.364. The number of rotatable bonds is 2. The highest BCUT2D eigenvalue weighted by atomic mass is 35.5. The van der Waals surface area contributed by atoms with E-state index < -0.39 is 0 Å². The van der Waals surface area contributed by atoms with Crippen molar-refractivity contribution in [2.45, 2.75) is 6.04 Å². The quantitative estimate of drug-likeness (QED) is 0.911. The van der Waals surface area contributed by atoms with E-state index in [-0.39, 0.29) is 6.04 Å². The second-order valence-electron chi connectivity index (χ2n) is 3.87. The molecular formula is C11H11ClN4OS. The normalized spacial score (nSPS) is 19.9. The molecule has 3 rings (SSSR count). The first-order valence-electron chi connectivity index (χ1n) is 5.60. The Bertz CT molecular complexity index is 541. The zero-order valence-electron chi connectivity index (χ0n) is 9.47. The molecule has 7 heteroatoms. The van der Waals surface area contributed by atoms with Gasteiger partial charge in [-0.15, -0.1) is 0 Å². The second kappa shape index (κ2) is 5.26. The van der Waals surface area contributed by atoms with Crippen LogP contribution in [0.2, 0.25) is 5.02 Å². The van der Waals surface area contributed by atoms with Crippen LogP contribution >= 0.6 is 23.4 Å². The zero-order valence-corrected chi connectivity index (χ0v) is 11.0. The number of hydrogen-bond acceptors (Lipinski definition) is 6. The third kappa shape index (κ3) is 2.36. The number of halogens is 1. The summed E-state index contributed by atoms with van der Waals surface area (Å²) in [5, 5.41) is 7.81. The van der Waals surface area contributed by atoms with Crippen molar-refractivity contribution < 1.29 is 4.52 Å². The molecule has 1 fully saturated rings. The minimum atomic E-state index is 0.118. The van der Waals surface area contributed by atoms with Gasteiger partial charge in [-0.1, -0.05) is 16.8 Å². The molecule has 1 atom stereocenters. The monoisotopic (exact) mass is 282 g/mol. The lowest BCUT2D eigenvalue weighted by Gasteiger charge is -2.19. The van der Waals surface area contributed by atoms with Gasteiger partial charge in [0.25, 0.3) is 0 Å². The summed E-state index contributed by atoms with van der Waals surface area (Å²) in [7, 11) is 0. The highest BCUT2D eigenvalue weighted by Gasteiger charge is 2.22. The molecule has 18 heavy (non-hydrogen) atoms. The third-order valence-corrected chi connectivity index (χ3v) is 4.00. The number of nitrogens with one attached hydrogen (secondary N) is 1. The summed E-state index contributed by atoms with van der Waals surface area (Å²) < 4.78 is 5.28. The van der Waals surface area contributed by atoms with Crippen molar-refractivity contribution in [3.8, 4) is 11.5 Å². The van der Waals surface area contributed by atoms with Crippen molar-refractivity contribution in [2.75, 3.05) is 18.1 Å². The van der Waals surface area contributed by atoms with Crippen molar-refractivity contribution in [3.05, 3.63) is 29.2 Å². The maximum atomic E-state index is 6.05. The molecule has 1 aliphatic rings. The number of aromatic nitrogens is 3. The molecule has 0 amide bonds. The standard InChI is InChI=1S/C11H11ClN4OS/c12-7-2-1-3-14-9(7)10-15-11(17-16-10)8-6-18-5-4-13-8/h1-3,8,13H,4-6H2. The van der Waals surface area contributed by atoms with Crippen LogP contribution in [0.25, 0.3) is 11.5 Å². The Balaban J connectivity index is 1.87. The molecule has 0 bridgehead atoms. The lowest BCUT2D eigenvalue weighted by molar-refractivity contribution is 0.342. The predicted molar refractivity (Wildman–Crippen MR) is 70.6 cm³/mol. The van der Waals surface area contributed by atoms with Crippen LogP contribution in [0.3, 0.4) is 0 Å². The Morgan fingerprint density at radius 3 is 3.22 bits per heavy atom. The third-order valence-electron chi connectivity index (χ3n) is 2.63. The van der Waals surface area contributed by atoms with E-state index in [0.29, 0.717) is 22.4 Å². The molecule has 2 aromatic heterocycles. The van der Waals surface area contributed by atoms with Gasteiger partial charge in [0.2, 0.25) is 11.7 Å². The fourth-order valence-electron chi connectivity index (χ4n) is 1.75. The van der Waals surface area contributed by atoms with Crippen LogP contribution in [-0.2, 0) is 0 Å². The summed E-state index contributed by atoms with van der Waals surface area (Å²) >= 11 is 7.92. The first-order valence-corrected chi connectivity index (χ1v) is 7.13. The molecule has 0 radical (unpaired) electrons. The number of thioether (sulfide) groups is 1. The molecule has 1 saturated heterocycles. The van der Waals surface area contributed by atoms with Gasteiger partial charge < -0.3 is 9.84 Å². The summed E-state index contributed by atoms with van der Waals surface area (Å²) in [6.07, 6.45) is 1.66. The van der Waals surface area contributed by atoms with Gasteiger partial charge in [0, 0.05) is 24.2 Å². The van der Waals surface area contributed by atoms with Crippen LogP contribution in [-0.4, -0.2) is 33.2 Å². The topological polar surface area (TPSA) is 63.8 Å². The highest BCUT2D eigenvalue weighted by Crippen LogP contribution is 2.25. The Morgan fingerprint density at radius 1 is 1.50 bits per heavy atom. The van der Waals surface area contributed by atoms with Crippen LogP contribution in [0.15, 0.2) is 22.9 Å². The van der Waals surface area contributed by atoms with Crippen molar-refractivity contribution in [2.24, 2.45) is 0 Å². The Kier molecular flexibility index (Phi) is 3.49. The van der Waals surface area contributed by atoms with Gasteiger partial charge in [-0.2, -0.15) is 16.7 Å². The van der Waals surface area contributed by atoms with Crippen LogP contribution in [0.5, 0.6) is 0 Å². The van der Waals surface area contributed by atoms with E-state index in [1.165, 1.54) is 0 Å². The molecule has 0 spiro atoms. The number of nitrogens with zero attached hydrogens (tertiary/aromatic N) is 3. The van der Waals surface area contributed by atoms with Crippen LogP contribution < -0.4 is 5.32 Å². The molecule has 0 aliphatic carbocycles. The molecular weight excluding hydrogens is 272 g/mol. The first kappa shape index (κ1) is 12.0. The van der Waals surface area contributed by atoms with E-state index in [0.717, 1.165) is 18.1 Å². The van der Waals surface area contributed by atoms with Gasteiger partial charge in [0.15, 0.2) is 0 Å². The van der Waals surface area contributed by atoms with Gasteiger partial charge in [-0.05, 0) is 12.1 Å². The first-order chi connectivity index (χ1) is 8.84. The van der Waals surface area contributed by atoms with Crippen LogP contribution in [0.4, 0.5) is 0 Å². The van der Waals surface area contributed by atoms with E-state index in [2.05, 4.69) is 20.4 Å². The van der Waals surface area contributed by atoms with Gasteiger partial charge in [-0.3, -0.25) is 4.98 Å². The van der Waals surface area contributed by atoms with E-state index in [1.54, 1.807) is 18.3 Å². The van der Waals surface area contributed by atoms with Gasteiger partial charge in [0.1, 0.15) is 5.69 Å². The number of pyridine rings is 1.